The van der Waals surface area contributed by atoms with Gasteiger partial charge in [-0.2, -0.15) is 0 Å². The van der Waals surface area contributed by atoms with Crippen LogP contribution in [0.5, 0.6) is 0 Å². The summed E-state index contributed by atoms with van der Waals surface area (Å²) < 4.78 is 0. The van der Waals surface area contributed by atoms with E-state index in [0.29, 0.717) is 0 Å². The number of rotatable bonds is 5. The smallest absolute Gasteiger partial charge is 0.0544 e. The lowest BCUT2D eigenvalue weighted by Crippen LogP contribution is -2.14. The Bertz CT molecular complexity index is 2770. The van der Waals surface area contributed by atoms with Gasteiger partial charge in [0.05, 0.1) is 5.52 Å². The molecule has 2 heteroatoms. The number of nitrogens with one attached hydrogen (secondary N) is 1. The van der Waals surface area contributed by atoms with E-state index in [4.69, 9.17) is 0 Å². The molecule has 8 aromatic carbocycles. The van der Waals surface area contributed by atoms with Crippen LogP contribution in [0.15, 0.2) is 176 Å². The van der Waals surface area contributed by atoms with Crippen LogP contribution in [-0.2, 0) is 5.41 Å². The van der Waals surface area contributed by atoms with Gasteiger partial charge in [-0.15, -0.1) is 0 Å². The number of anilines is 3. The van der Waals surface area contributed by atoms with Gasteiger partial charge in [-0.1, -0.05) is 141 Å². The first kappa shape index (κ1) is 29.5. The van der Waals surface area contributed by atoms with Crippen molar-refractivity contribution in [2.45, 2.75) is 19.3 Å². The predicted molar refractivity (Wildman–Crippen MR) is 216 cm³/mol. The summed E-state index contributed by atoms with van der Waals surface area (Å²) in [6.07, 6.45) is 0. The number of para-hydroxylation sites is 1. The molecule has 1 N–H and O–H groups in total. The second-order valence-electron chi connectivity index (χ2n) is 14.3. The predicted octanol–water partition coefficient (Wildman–Crippen LogP) is 13.6. The van der Waals surface area contributed by atoms with Crippen molar-refractivity contribution < 1.29 is 0 Å². The Morgan fingerprint density at radius 3 is 1.92 bits per heavy atom. The van der Waals surface area contributed by atoms with E-state index in [2.05, 4.69) is 200 Å². The van der Waals surface area contributed by atoms with Crippen LogP contribution in [0.4, 0.5) is 17.1 Å². The number of hydrogen-bond donors (Lipinski definition) is 1. The first-order chi connectivity index (χ1) is 25.0. The van der Waals surface area contributed by atoms with Crippen LogP contribution in [0.25, 0.3) is 66.0 Å². The highest BCUT2D eigenvalue weighted by atomic mass is 15.1. The van der Waals surface area contributed by atoms with E-state index >= 15 is 0 Å². The van der Waals surface area contributed by atoms with Crippen molar-refractivity contribution in [2.24, 2.45) is 0 Å². The lowest BCUT2D eigenvalue weighted by molar-refractivity contribution is 0.660. The maximum absolute atomic E-state index is 3.83. The minimum atomic E-state index is -0.00718. The van der Waals surface area contributed by atoms with Crippen molar-refractivity contribution >= 4 is 49.6 Å². The highest BCUT2D eigenvalue weighted by Crippen LogP contribution is 2.50. The average molecular weight is 653 g/mol. The maximum Gasteiger partial charge on any atom is 0.0544 e. The van der Waals surface area contributed by atoms with Gasteiger partial charge >= 0.3 is 0 Å². The number of H-pyrrole nitrogens is 1. The van der Waals surface area contributed by atoms with Crippen molar-refractivity contribution in [3.63, 3.8) is 0 Å². The third kappa shape index (κ3) is 4.71. The van der Waals surface area contributed by atoms with E-state index in [1.807, 2.05) is 0 Å². The van der Waals surface area contributed by atoms with Gasteiger partial charge in [0, 0.05) is 44.3 Å². The zero-order chi connectivity index (χ0) is 34.1. The quantitative estimate of drug-likeness (QED) is 0.196. The van der Waals surface area contributed by atoms with Crippen molar-refractivity contribution in [1.82, 2.24) is 4.98 Å². The Hall–Kier alpha value is -6.38. The molecule has 0 amide bonds. The minimum Gasteiger partial charge on any atom is -0.354 e. The number of aromatic amines is 1. The van der Waals surface area contributed by atoms with Crippen LogP contribution >= 0.6 is 0 Å². The molecular formula is C49H36N2. The summed E-state index contributed by atoms with van der Waals surface area (Å²) in [5.41, 5.74) is 16.0. The summed E-state index contributed by atoms with van der Waals surface area (Å²) >= 11 is 0. The first-order valence-corrected chi connectivity index (χ1v) is 17.8. The molecule has 1 aromatic heterocycles. The molecule has 0 bridgehead atoms. The zero-order valence-corrected chi connectivity index (χ0v) is 28.7. The molecule has 0 spiro atoms. The molecule has 2 nitrogen and oxygen atoms in total. The molecule has 1 heterocycles. The lowest BCUT2D eigenvalue weighted by Gasteiger charge is -2.26. The second-order valence-corrected chi connectivity index (χ2v) is 14.3. The number of hydrogen-bond acceptors (Lipinski definition) is 1. The van der Waals surface area contributed by atoms with Crippen LogP contribution in [0, 0.1) is 0 Å². The second kappa shape index (κ2) is 11.3. The van der Waals surface area contributed by atoms with Crippen LogP contribution in [-0.4, -0.2) is 4.98 Å². The molecule has 1 aliphatic carbocycles. The SMILES string of the molecule is CC1(C)c2ccccc2-c2cc(-c3cccc4c3[nH]c3ccc(N(c5ccc(-c6ccccc6)cc5)c5ccc6ccccc6c5)cc34)ccc21. The van der Waals surface area contributed by atoms with Crippen molar-refractivity contribution in [3.8, 4) is 33.4 Å². The minimum absolute atomic E-state index is 0.00718. The standard InChI is InChI=1S/C49H36N2/c1-49(2)45-18-9-8-15-41(45)43-30-36(22-27-46(43)49)40-16-10-17-42-44-31-39(26-28-47(44)50-48(40)42)51(38-25-21-33-13-6-7-14-35(33)29-38)37-23-19-34(20-24-37)32-11-4-3-5-12-32/h3-31,50H,1-2H3. The van der Waals surface area contributed by atoms with E-state index in [1.54, 1.807) is 0 Å². The zero-order valence-electron chi connectivity index (χ0n) is 28.7. The molecule has 0 unspecified atom stereocenters. The fraction of sp³-hybridized carbons (Fsp3) is 0.0612. The topological polar surface area (TPSA) is 19.0 Å². The summed E-state index contributed by atoms with van der Waals surface area (Å²) in [4.78, 5) is 6.20. The average Bonchev–Trinajstić information content (AvgIpc) is 3.67. The molecule has 9 aromatic rings. The Balaban J connectivity index is 1.11. The van der Waals surface area contributed by atoms with Gasteiger partial charge in [-0.25, -0.2) is 0 Å². The van der Waals surface area contributed by atoms with Gasteiger partial charge in [0.15, 0.2) is 0 Å². The molecule has 0 aliphatic heterocycles. The number of aromatic nitrogens is 1. The molecule has 51 heavy (non-hydrogen) atoms. The molecular weight excluding hydrogens is 617 g/mol. The monoisotopic (exact) mass is 652 g/mol. The normalized spacial score (nSPS) is 13.1. The van der Waals surface area contributed by atoms with E-state index in [0.717, 1.165) is 22.6 Å². The fourth-order valence-electron chi connectivity index (χ4n) is 8.37. The van der Waals surface area contributed by atoms with Gasteiger partial charge in [0.1, 0.15) is 0 Å². The Morgan fingerprint density at radius 2 is 1.06 bits per heavy atom. The van der Waals surface area contributed by atoms with Crippen LogP contribution in [0.2, 0.25) is 0 Å². The Labute approximate surface area is 298 Å². The van der Waals surface area contributed by atoms with Crippen LogP contribution in [0.3, 0.4) is 0 Å². The number of fused-ring (bicyclic) bond motifs is 7. The lowest BCUT2D eigenvalue weighted by atomic mass is 9.82. The van der Waals surface area contributed by atoms with Gasteiger partial charge in [-0.3, -0.25) is 0 Å². The maximum atomic E-state index is 3.83. The van der Waals surface area contributed by atoms with Gasteiger partial charge in [0.25, 0.3) is 0 Å². The molecule has 0 fully saturated rings. The Kier molecular flexibility index (Phi) is 6.56. The summed E-state index contributed by atoms with van der Waals surface area (Å²) in [5, 5.41) is 4.89. The van der Waals surface area contributed by atoms with E-state index in [-0.39, 0.29) is 5.41 Å². The van der Waals surface area contributed by atoms with Crippen LogP contribution < -0.4 is 4.90 Å². The highest BCUT2D eigenvalue weighted by Gasteiger charge is 2.35. The fourth-order valence-corrected chi connectivity index (χ4v) is 8.37. The summed E-state index contributed by atoms with van der Waals surface area (Å²) in [6, 6.07) is 64.3. The number of benzene rings is 8. The van der Waals surface area contributed by atoms with Crippen LogP contribution in [0.1, 0.15) is 25.0 Å². The van der Waals surface area contributed by atoms with Crippen molar-refractivity contribution in [2.75, 3.05) is 4.90 Å². The molecule has 1 aliphatic rings. The van der Waals surface area contributed by atoms with E-state index < -0.39 is 0 Å². The Morgan fingerprint density at radius 1 is 0.412 bits per heavy atom. The summed E-state index contributed by atoms with van der Waals surface area (Å²) in [5.74, 6) is 0. The molecule has 0 saturated carbocycles. The number of nitrogens with zero attached hydrogens (tertiary/aromatic N) is 1. The van der Waals surface area contributed by atoms with Crippen molar-refractivity contribution in [3.05, 3.63) is 187 Å². The van der Waals surface area contributed by atoms with Gasteiger partial charge < -0.3 is 9.88 Å². The largest absolute Gasteiger partial charge is 0.354 e. The third-order valence-electron chi connectivity index (χ3n) is 11.0. The summed E-state index contributed by atoms with van der Waals surface area (Å²) in [7, 11) is 0. The third-order valence-corrected chi connectivity index (χ3v) is 11.0. The van der Waals surface area contributed by atoms with Gasteiger partial charge in [0.2, 0.25) is 0 Å². The first-order valence-electron chi connectivity index (χ1n) is 17.8. The van der Waals surface area contributed by atoms with Crippen molar-refractivity contribution in [1.29, 1.82) is 0 Å². The molecule has 0 atom stereocenters. The molecule has 10 rings (SSSR count). The van der Waals surface area contributed by atoms with Gasteiger partial charge in [-0.05, 0) is 98.2 Å². The molecule has 242 valence electrons. The summed E-state index contributed by atoms with van der Waals surface area (Å²) in [6.45, 7) is 4.68. The van der Waals surface area contributed by atoms with E-state index in [9.17, 15) is 0 Å². The molecule has 0 radical (unpaired) electrons. The molecule has 0 saturated heterocycles. The van der Waals surface area contributed by atoms with E-state index in [1.165, 1.54) is 71.6 Å². The highest BCUT2D eigenvalue weighted by molar-refractivity contribution is 6.13.